The zero-order valence-corrected chi connectivity index (χ0v) is 16.0. The predicted octanol–water partition coefficient (Wildman–Crippen LogP) is 4.46. The molecule has 9 nitrogen and oxygen atoms in total. The van der Waals surface area contributed by atoms with Gasteiger partial charge in [0, 0.05) is 18.0 Å². The van der Waals surface area contributed by atoms with Gasteiger partial charge in [-0.25, -0.2) is 4.98 Å². The van der Waals surface area contributed by atoms with Crippen molar-refractivity contribution in [3.63, 3.8) is 0 Å². The first kappa shape index (κ1) is 21.1. The summed E-state index contributed by atoms with van der Waals surface area (Å²) >= 11 is 12.6. The molecule has 1 aromatic heterocycles. The number of nitrogens with one attached hydrogen (secondary N) is 1. The van der Waals surface area contributed by atoms with Gasteiger partial charge in [-0.15, -0.1) is 10.1 Å². The largest absolute Gasteiger partial charge is 0.497 e. The standard InChI is InChI=1S/C17H14Cl2N2O3.HNO3/c1-22-11-2-4-12(5-3-11)23-10-24-16-14(18)7-6-13(15(16)19)17-20-8-9-21-17;2-1(3)4/h2-9H,10H2,1H3,(H,20,21);(H,2,3,4). The van der Waals surface area contributed by atoms with E-state index in [1.54, 1.807) is 55.9 Å². The van der Waals surface area contributed by atoms with Gasteiger partial charge in [0.05, 0.1) is 17.2 Å². The first-order valence-corrected chi connectivity index (χ1v) is 8.38. The number of rotatable bonds is 6. The van der Waals surface area contributed by atoms with E-state index in [1.807, 2.05) is 0 Å². The summed E-state index contributed by atoms with van der Waals surface area (Å²) < 4.78 is 16.2. The Bertz CT molecular complexity index is 900. The first-order chi connectivity index (χ1) is 13.4. The molecule has 2 N–H and O–H groups in total. The Balaban J connectivity index is 0.000000640. The lowest BCUT2D eigenvalue weighted by Crippen LogP contribution is -2.06. The van der Waals surface area contributed by atoms with Gasteiger partial charge in [-0.05, 0) is 36.4 Å². The molecular weight excluding hydrogens is 413 g/mol. The fraction of sp³-hybridized carbons (Fsp3) is 0.118. The molecule has 0 bridgehead atoms. The van der Waals surface area contributed by atoms with Gasteiger partial charge in [-0.1, -0.05) is 23.2 Å². The SMILES string of the molecule is COc1ccc(OCOc2c(Cl)ccc(-c3ncc[nH]3)c2Cl)cc1.O=[N+]([O-])O. The van der Waals surface area contributed by atoms with Crippen LogP contribution in [0.25, 0.3) is 11.4 Å². The second-order valence-electron chi connectivity index (χ2n) is 5.00. The highest BCUT2D eigenvalue weighted by molar-refractivity contribution is 6.38. The van der Waals surface area contributed by atoms with Crippen molar-refractivity contribution in [3.05, 3.63) is 69.0 Å². The van der Waals surface area contributed by atoms with Crippen LogP contribution < -0.4 is 14.2 Å². The average molecular weight is 428 g/mol. The molecular formula is C17H15Cl2N3O6. The van der Waals surface area contributed by atoms with Crippen molar-refractivity contribution < 1.29 is 24.5 Å². The van der Waals surface area contributed by atoms with Crippen LogP contribution in [0.5, 0.6) is 17.2 Å². The van der Waals surface area contributed by atoms with Crippen molar-refractivity contribution in [2.24, 2.45) is 0 Å². The summed E-state index contributed by atoms with van der Waals surface area (Å²) in [6.45, 7) is -0.0343. The van der Waals surface area contributed by atoms with Crippen molar-refractivity contribution in [1.82, 2.24) is 9.97 Å². The minimum atomic E-state index is -1.50. The molecule has 1 heterocycles. The molecule has 11 heteroatoms. The Morgan fingerprint density at radius 2 is 1.79 bits per heavy atom. The lowest BCUT2D eigenvalue weighted by Gasteiger charge is -2.13. The number of H-pyrrole nitrogens is 1. The lowest BCUT2D eigenvalue weighted by atomic mass is 10.2. The van der Waals surface area contributed by atoms with E-state index in [4.69, 9.17) is 52.7 Å². The van der Waals surface area contributed by atoms with E-state index in [2.05, 4.69) is 9.97 Å². The maximum absolute atomic E-state index is 8.36. The van der Waals surface area contributed by atoms with Gasteiger partial charge >= 0.3 is 0 Å². The number of methoxy groups -OCH3 is 1. The fourth-order valence-corrected chi connectivity index (χ4v) is 2.66. The van der Waals surface area contributed by atoms with Gasteiger partial charge in [0.1, 0.15) is 17.3 Å². The Kier molecular flexibility index (Phi) is 7.73. The zero-order valence-electron chi connectivity index (χ0n) is 14.5. The minimum Gasteiger partial charge on any atom is -0.497 e. The van der Waals surface area contributed by atoms with Crippen LogP contribution >= 0.6 is 23.2 Å². The zero-order chi connectivity index (χ0) is 20.5. The maximum atomic E-state index is 8.36. The third-order valence-electron chi connectivity index (χ3n) is 3.29. The lowest BCUT2D eigenvalue weighted by molar-refractivity contribution is -0.742. The number of imidazole rings is 1. The summed E-state index contributed by atoms with van der Waals surface area (Å²) in [6, 6.07) is 10.6. The van der Waals surface area contributed by atoms with Crippen LogP contribution in [0.15, 0.2) is 48.8 Å². The van der Waals surface area contributed by atoms with Gasteiger partial charge in [-0.3, -0.25) is 0 Å². The minimum absolute atomic E-state index is 0.0343. The van der Waals surface area contributed by atoms with Crippen molar-refractivity contribution >= 4 is 23.2 Å². The fourth-order valence-electron chi connectivity index (χ4n) is 2.09. The Hall–Kier alpha value is -3.17. The summed E-state index contributed by atoms with van der Waals surface area (Å²) in [5, 5.41) is 14.4. The van der Waals surface area contributed by atoms with Crippen molar-refractivity contribution in [1.29, 1.82) is 0 Å². The number of hydrogen-bond acceptors (Lipinski definition) is 6. The number of aromatic amines is 1. The third kappa shape index (κ3) is 5.93. The quantitative estimate of drug-likeness (QED) is 0.338. The maximum Gasteiger partial charge on any atom is 0.291 e. The monoisotopic (exact) mass is 427 g/mol. The van der Waals surface area contributed by atoms with E-state index >= 15 is 0 Å². The molecule has 3 rings (SSSR count). The van der Waals surface area contributed by atoms with Crippen LogP contribution in [-0.2, 0) is 0 Å². The van der Waals surface area contributed by atoms with E-state index in [0.717, 1.165) is 5.75 Å². The molecule has 0 saturated carbocycles. The smallest absolute Gasteiger partial charge is 0.291 e. The van der Waals surface area contributed by atoms with Crippen LogP contribution in [0.1, 0.15) is 0 Å². The molecule has 0 radical (unpaired) electrons. The number of hydrogen-bond donors (Lipinski definition) is 2. The second-order valence-corrected chi connectivity index (χ2v) is 5.78. The summed E-state index contributed by atoms with van der Waals surface area (Å²) in [6.07, 6.45) is 3.36. The molecule has 0 amide bonds. The van der Waals surface area contributed by atoms with Crippen LogP contribution in [0.2, 0.25) is 10.0 Å². The number of ether oxygens (including phenoxy) is 3. The van der Waals surface area contributed by atoms with E-state index in [1.165, 1.54) is 0 Å². The van der Waals surface area contributed by atoms with Crippen molar-refractivity contribution in [2.45, 2.75) is 0 Å². The predicted molar refractivity (Wildman–Crippen MR) is 102 cm³/mol. The van der Waals surface area contributed by atoms with Gasteiger partial charge in [0.25, 0.3) is 5.09 Å². The highest BCUT2D eigenvalue weighted by Gasteiger charge is 2.15. The summed E-state index contributed by atoms with van der Waals surface area (Å²) in [5.41, 5.74) is 0.700. The Morgan fingerprint density at radius 3 is 2.36 bits per heavy atom. The topological polar surface area (TPSA) is 120 Å². The van der Waals surface area contributed by atoms with Gasteiger partial charge in [-0.2, -0.15) is 0 Å². The first-order valence-electron chi connectivity index (χ1n) is 7.63. The number of halogens is 2. The number of aromatic nitrogens is 2. The van der Waals surface area contributed by atoms with Crippen molar-refractivity contribution in [2.75, 3.05) is 13.9 Å². The third-order valence-corrected chi connectivity index (χ3v) is 3.96. The molecule has 0 spiro atoms. The van der Waals surface area contributed by atoms with Gasteiger partial charge in [0.15, 0.2) is 5.75 Å². The molecule has 0 aliphatic rings. The van der Waals surface area contributed by atoms with E-state index in [0.29, 0.717) is 32.9 Å². The average Bonchev–Trinajstić information content (AvgIpc) is 3.19. The van der Waals surface area contributed by atoms with E-state index < -0.39 is 5.09 Å². The number of nitrogens with zero attached hydrogens (tertiary/aromatic N) is 2. The normalized spacial score (nSPS) is 9.82. The summed E-state index contributed by atoms with van der Waals surface area (Å²) in [7, 11) is 1.61. The highest BCUT2D eigenvalue weighted by Crippen LogP contribution is 2.39. The second kappa shape index (κ2) is 10.2. The molecule has 0 atom stereocenters. The highest BCUT2D eigenvalue weighted by atomic mass is 35.5. The molecule has 0 aliphatic carbocycles. The summed E-state index contributed by atoms with van der Waals surface area (Å²) in [5.74, 6) is 2.38. The summed E-state index contributed by atoms with van der Waals surface area (Å²) in [4.78, 5) is 15.5. The molecule has 28 heavy (non-hydrogen) atoms. The number of benzene rings is 2. The van der Waals surface area contributed by atoms with Crippen molar-refractivity contribution in [3.8, 4) is 28.6 Å². The molecule has 0 aliphatic heterocycles. The van der Waals surface area contributed by atoms with Crippen LogP contribution in [0, 0.1) is 10.1 Å². The molecule has 0 fully saturated rings. The Labute approximate surface area is 169 Å². The van der Waals surface area contributed by atoms with E-state index in [-0.39, 0.29) is 6.79 Å². The molecule has 0 unspecified atom stereocenters. The van der Waals surface area contributed by atoms with Crippen LogP contribution in [0.4, 0.5) is 0 Å². The van der Waals surface area contributed by atoms with Gasteiger partial charge in [0.2, 0.25) is 6.79 Å². The van der Waals surface area contributed by atoms with Crippen LogP contribution in [0.3, 0.4) is 0 Å². The van der Waals surface area contributed by atoms with E-state index in [9.17, 15) is 0 Å². The molecule has 3 aromatic rings. The molecule has 2 aromatic carbocycles. The van der Waals surface area contributed by atoms with Crippen LogP contribution in [-0.4, -0.2) is 34.2 Å². The Morgan fingerprint density at radius 1 is 1.14 bits per heavy atom. The molecule has 0 saturated heterocycles. The molecule has 148 valence electrons. The van der Waals surface area contributed by atoms with Gasteiger partial charge < -0.3 is 24.4 Å².